The molecule has 0 saturated carbocycles. The van der Waals surface area contributed by atoms with Gasteiger partial charge in [0, 0.05) is 12.3 Å². The maximum atomic E-state index is 13.1. The summed E-state index contributed by atoms with van der Waals surface area (Å²) in [6.07, 6.45) is 1.69. The second-order valence-corrected chi connectivity index (χ2v) is 6.11. The lowest BCUT2D eigenvalue weighted by atomic mass is 10.1. The van der Waals surface area contributed by atoms with Gasteiger partial charge in [-0.2, -0.15) is 0 Å². The van der Waals surface area contributed by atoms with Gasteiger partial charge in [-0.25, -0.2) is 13.6 Å². The molecule has 0 radical (unpaired) electrons. The van der Waals surface area contributed by atoms with Gasteiger partial charge in [-0.15, -0.1) is 0 Å². The van der Waals surface area contributed by atoms with Crippen LogP contribution in [0.25, 0.3) is 11.1 Å². The molecule has 2 aromatic heterocycles. The van der Waals surface area contributed by atoms with Crippen LogP contribution in [-0.2, 0) is 16.6 Å². The van der Waals surface area contributed by atoms with E-state index in [0.29, 0.717) is 11.1 Å². The van der Waals surface area contributed by atoms with E-state index in [9.17, 15) is 8.60 Å². The van der Waals surface area contributed by atoms with Crippen molar-refractivity contribution in [3.05, 3.63) is 53.1 Å². The molecule has 0 saturated heterocycles. The molecule has 4 nitrogen and oxygen atoms in total. The summed E-state index contributed by atoms with van der Waals surface area (Å²) in [5, 5.41) is 0.0957. The van der Waals surface area contributed by atoms with E-state index in [1.807, 2.05) is 19.9 Å². The van der Waals surface area contributed by atoms with Crippen molar-refractivity contribution in [1.29, 1.82) is 0 Å². The van der Waals surface area contributed by atoms with Gasteiger partial charge in [0.15, 0.2) is 5.58 Å². The zero-order valence-corrected chi connectivity index (χ0v) is 12.4. The van der Waals surface area contributed by atoms with Crippen molar-refractivity contribution in [2.45, 2.75) is 24.8 Å². The van der Waals surface area contributed by atoms with Crippen LogP contribution in [-0.4, -0.2) is 14.2 Å². The number of rotatable bonds is 3. The molecule has 21 heavy (non-hydrogen) atoms. The molecule has 1 atom stereocenters. The molecule has 0 aliphatic carbocycles. The monoisotopic (exact) mass is 304 g/mol. The first-order chi connectivity index (χ1) is 10.0. The van der Waals surface area contributed by atoms with Crippen LogP contribution in [0.3, 0.4) is 0 Å². The number of nitrogens with zero attached hydrogens (tertiary/aromatic N) is 2. The third kappa shape index (κ3) is 2.71. The van der Waals surface area contributed by atoms with Crippen LogP contribution in [0.15, 0.2) is 40.1 Å². The molecule has 0 N–H and O–H groups in total. The fourth-order valence-electron chi connectivity index (χ4n) is 2.00. The zero-order chi connectivity index (χ0) is 15.0. The fraction of sp³-hybridized carbons (Fsp3) is 0.200. The van der Waals surface area contributed by atoms with E-state index in [-0.39, 0.29) is 11.0 Å². The highest BCUT2D eigenvalue weighted by Crippen LogP contribution is 2.21. The first-order valence-electron chi connectivity index (χ1n) is 6.40. The first-order valence-corrected chi connectivity index (χ1v) is 7.72. The van der Waals surface area contributed by atoms with Gasteiger partial charge in [0.25, 0.3) is 5.22 Å². The van der Waals surface area contributed by atoms with E-state index in [4.69, 9.17) is 4.42 Å². The van der Waals surface area contributed by atoms with Gasteiger partial charge in [-0.1, -0.05) is 0 Å². The van der Waals surface area contributed by atoms with Crippen molar-refractivity contribution >= 4 is 21.9 Å². The summed E-state index contributed by atoms with van der Waals surface area (Å²) in [5.74, 6) is -0.174. The molecule has 0 aliphatic heterocycles. The number of pyridine rings is 1. The Morgan fingerprint density at radius 2 is 2.10 bits per heavy atom. The highest BCUT2D eigenvalue weighted by Gasteiger charge is 2.16. The van der Waals surface area contributed by atoms with Crippen LogP contribution < -0.4 is 0 Å². The Hall–Kier alpha value is -2.08. The van der Waals surface area contributed by atoms with Crippen molar-refractivity contribution < 1.29 is 13.0 Å². The van der Waals surface area contributed by atoms with Gasteiger partial charge in [0.05, 0.1) is 11.4 Å². The predicted molar refractivity (Wildman–Crippen MR) is 77.8 cm³/mol. The minimum Gasteiger partial charge on any atom is -0.430 e. The summed E-state index contributed by atoms with van der Waals surface area (Å²) in [6.45, 7) is 3.92. The maximum Gasteiger partial charge on any atom is 0.288 e. The van der Waals surface area contributed by atoms with E-state index in [1.54, 1.807) is 6.20 Å². The summed E-state index contributed by atoms with van der Waals surface area (Å²) >= 11 is 0. The average Bonchev–Trinajstić information content (AvgIpc) is 2.87. The van der Waals surface area contributed by atoms with E-state index in [0.717, 1.165) is 16.8 Å². The lowest BCUT2D eigenvalue weighted by molar-refractivity contribution is 0.477. The second kappa shape index (κ2) is 5.37. The highest BCUT2D eigenvalue weighted by molar-refractivity contribution is 7.84. The van der Waals surface area contributed by atoms with E-state index < -0.39 is 16.6 Å². The number of benzene rings is 1. The van der Waals surface area contributed by atoms with Gasteiger partial charge in [-0.3, -0.25) is 4.98 Å². The molecule has 0 fully saturated rings. The number of aryl methyl sites for hydroxylation is 1. The topological polar surface area (TPSA) is 56.0 Å². The Labute approximate surface area is 123 Å². The Morgan fingerprint density at radius 1 is 1.29 bits per heavy atom. The normalized spacial score (nSPS) is 12.7. The molecular weight excluding hydrogens is 291 g/mol. The number of aromatic nitrogens is 2. The van der Waals surface area contributed by atoms with E-state index in [2.05, 4.69) is 9.97 Å². The minimum absolute atomic E-state index is 0.0957. The molecule has 3 aromatic rings. The molecule has 2 heterocycles. The van der Waals surface area contributed by atoms with Crippen molar-refractivity contribution in [2.24, 2.45) is 0 Å². The molecule has 6 heteroatoms. The molecular formula is C15H13FN2O2S. The SMILES string of the molecule is Cc1ccnc(CS(=O)c2nc3cc(F)ccc3o2)c1C. The maximum absolute atomic E-state index is 13.1. The first kappa shape index (κ1) is 13.9. The van der Waals surface area contributed by atoms with Crippen LogP contribution >= 0.6 is 0 Å². The van der Waals surface area contributed by atoms with Crippen LogP contribution in [0.1, 0.15) is 16.8 Å². The summed E-state index contributed by atoms with van der Waals surface area (Å²) < 4.78 is 30.9. The third-order valence-electron chi connectivity index (χ3n) is 3.37. The van der Waals surface area contributed by atoms with Crippen molar-refractivity contribution in [2.75, 3.05) is 0 Å². The van der Waals surface area contributed by atoms with Gasteiger partial charge in [0.1, 0.15) is 22.1 Å². The van der Waals surface area contributed by atoms with Crippen LogP contribution in [0.2, 0.25) is 0 Å². The molecule has 0 aliphatic rings. The molecule has 1 aromatic carbocycles. The number of halogens is 1. The lowest BCUT2D eigenvalue weighted by Gasteiger charge is -2.05. The molecule has 0 bridgehead atoms. The van der Waals surface area contributed by atoms with Crippen LogP contribution in [0.4, 0.5) is 4.39 Å². The van der Waals surface area contributed by atoms with E-state index in [1.165, 1.54) is 18.2 Å². The van der Waals surface area contributed by atoms with Gasteiger partial charge in [0.2, 0.25) is 0 Å². The molecule has 1 unspecified atom stereocenters. The summed E-state index contributed by atoms with van der Waals surface area (Å²) in [7, 11) is -1.45. The molecule has 0 spiro atoms. The number of fused-ring (bicyclic) bond motifs is 1. The Kier molecular flexibility index (Phi) is 3.55. The second-order valence-electron chi connectivity index (χ2n) is 4.78. The average molecular weight is 304 g/mol. The third-order valence-corrected chi connectivity index (χ3v) is 4.47. The molecule has 108 valence electrons. The summed E-state index contributed by atoms with van der Waals surface area (Å²) in [6, 6.07) is 5.93. The van der Waals surface area contributed by atoms with Crippen molar-refractivity contribution in [1.82, 2.24) is 9.97 Å². The molecule has 3 rings (SSSR count). The van der Waals surface area contributed by atoms with Crippen LogP contribution in [0, 0.1) is 19.7 Å². The number of oxazole rings is 1. The smallest absolute Gasteiger partial charge is 0.288 e. The van der Waals surface area contributed by atoms with Crippen molar-refractivity contribution in [3.8, 4) is 0 Å². The Bertz CT molecular complexity index is 845. The zero-order valence-electron chi connectivity index (χ0n) is 11.6. The Morgan fingerprint density at radius 3 is 2.90 bits per heavy atom. The molecule has 0 amide bonds. The highest BCUT2D eigenvalue weighted by atomic mass is 32.2. The minimum atomic E-state index is -1.45. The summed E-state index contributed by atoms with van der Waals surface area (Å²) in [5.41, 5.74) is 3.65. The standard InChI is InChI=1S/C15H13FN2O2S/c1-9-5-6-17-13(10(9)2)8-21(19)15-18-12-7-11(16)3-4-14(12)20-15/h3-7H,8H2,1-2H3. The Balaban J connectivity index is 1.91. The van der Waals surface area contributed by atoms with Gasteiger partial charge in [-0.05, 0) is 43.2 Å². The number of hydrogen-bond acceptors (Lipinski definition) is 4. The van der Waals surface area contributed by atoms with Gasteiger partial charge >= 0.3 is 0 Å². The quantitative estimate of drug-likeness (QED) is 0.745. The fourth-order valence-corrected chi connectivity index (χ4v) is 3.04. The van der Waals surface area contributed by atoms with Crippen LogP contribution in [0.5, 0.6) is 0 Å². The number of hydrogen-bond donors (Lipinski definition) is 0. The largest absolute Gasteiger partial charge is 0.430 e. The lowest BCUT2D eigenvalue weighted by Crippen LogP contribution is -2.02. The van der Waals surface area contributed by atoms with E-state index >= 15 is 0 Å². The summed E-state index contributed by atoms with van der Waals surface area (Å²) in [4.78, 5) is 8.34. The van der Waals surface area contributed by atoms with Gasteiger partial charge < -0.3 is 4.42 Å². The predicted octanol–water partition coefficient (Wildman–Crippen LogP) is 3.29. The van der Waals surface area contributed by atoms with Crippen molar-refractivity contribution in [3.63, 3.8) is 0 Å².